The lowest BCUT2D eigenvalue weighted by Crippen LogP contribution is -2.45. The van der Waals surface area contributed by atoms with Crippen LogP contribution < -0.4 is 16.0 Å². The molecule has 32 heavy (non-hydrogen) atoms. The van der Waals surface area contributed by atoms with Gasteiger partial charge in [-0.05, 0) is 44.5 Å². The Morgan fingerprint density at radius 2 is 1.88 bits per heavy atom. The van der Waals surface area contributed by atoms with E-state index in [1.807, 2.05) is 0 Å². The molecule has 0 radical (unpaired) electrons. The second-order valence-electron chi connectivity index (χ2n) is 7.63. The molecule has 1 atom stereocenters. The summed E-state index contributed by atoms with van der Waals surface area (Å²) in [7, 11) is 0. The van der Waals surface area contributed by atoms with Gasteiger partial charge in [-0.1, -0.05) is 25.1 Å². The van der Waals surface area contributed by atoms with E-state index in [9.17, 15) is 22.8 Å². The lowest BCUT2D eigenvalue weighted by Gasteiger charge is -2.31. The van der Waals surface area contributed by atoms with Gasteiger partial charge in [0.25, 0.3) is 5.91 Å². The maximum atomic E-state index is 13.0. The van der Waals surface area contributed by atoms with E-state index in [0.717, 1.165) is 38.6 Å². The van der Waals surface area contributed by atoms with Crippen LogP contribution in [0.3, 0.4) is 0 Å². The van der Waals surface area contributed by atoms with E-state index in [2.05, 4.69) is 27.8 Å². The van der Waals surface area contributed by atoms with Crippen LogP contribution in [0.5, 0.6) is 0 Å². The maximum absolute atomic E-state index is 13.0. The zero-order valence-electron chi connectivity index (χ0n) is 18.1. The van der Waals surface area contributed by atoms with Crippen LogP contribution in [-0.4, -0.2) is 61.3 Å². The van der Waals surface area contributed by atoms with Crippen molar-refractivity contribution in [3.63, 3.8) is 0 Å². The second-order valence-corrected chi connectivity index (χ2v) is 7.63. The molecule has 4 N–H and O–H groups in total. The molecular weight excluding hydrogens is 423 g/mol. The number of rotatable bonds is 10. The number of nitrogens with one attached hydrogen (secondary N) is 4. The predicted molar refractivity (Wildman–Crippen MR) is 117 cm³/mol. The molecule has 0 aromatic heterocycles. The van der Waals surface area contributed by atoms with Gasteiger partial charge >= 0.3 is 6.18 Å². The molecule has 0 spiro atoms. The summed E-state index contributed by atoms with van der Waals surface area (Å²) in [5.41, 5.74) is -2.11. The Morgan fingerprint density at radius 1 is 1.19 bits per heavy atom. The Hall–Kier alpha value is -2.88. The highest BCUT2D eigenvalue weighted by Gasteiger charge is 2.39. The van der Waals surface area contributed by atoms with Gasteiger partial charge in [0.05, 0.1) is 11.5 Å². The highest BCUT2D eigenvalue weighted by molar-refractivity contribution is 6.22. The first-order chi connectivity index (χ1) is 15.2. The number of para-hydroxylation sites is 1. The van der Waals surface area contributed by atoms with Crippen molar-refractivity contribution < 1.29 is 22.8 Å². The summed E-state index contributed by atoms with van der Waals surface area (Å²) in [6, 6.07) is 8.34. The average molecular weight is 454 g/mol. The minimum atomic E-state index is -4.97. The number of hydrogen-bond acceptors (Lipinski definition) is 5. The molecule has 1 aliphatic rings. The highest BCUT2D eigenvalue weighted by Crippen LogP contribution is 2.21. The van der Waals surface area contributed by atoms with E-state index in [-0.39, 0.29) is 24.9 Å². The Bertz CT molecular complexity index is 810. The average Bonchev–Trinajstić information content (AvgIpc) is 2.77. The van der Waals surface area contributed by atoms with Crippen molar-refractivity contribution in [3.05, 3.63) is 42.1 Å². The van der Waals surface area contributed by atoms with E-state index in [4.69, 9.17) is 5.41 Å². The zero-order valence-corrected chi connectivity index (χ0v) is 18.1. The fourth-order valence-corrected chi connectivity index (χ4v) is 3.48. The van der Waals surface area contributed by atoms with Gasteiger partial charge in [0, 0.05) is 31.5 Å². The molecule has 7 nitrogen and oxygen atoms in total. The van der Waals surface area contributed by atoms with Gasteiger partial charge in [-0.25, -0.2) is 0 Å². The van der Waals surface area contributed by atoms with Crippen LogP contribution in [0, 0.1) is 11.3 Å². The monoisotopic (exact) mass is 453 g/mol. The van der Waals surface area contributed by atoms with E-state index >= 15 is 0 Å². The Balaban J connectivity index is 1.88. The number of nitrogens with zero attached hydrogens (tertiary/aromatic N) is 1. The quantitative estimate of drug-likeness (QED) is 0.249. The SMILES string of the molecule is CCCN1CCCC(C(=O)NCCNC(=O)/C(=C/Nc2ccccc2)C(=N)C(F)(F)F)C1. The number of carbonyl (C=O) groups excluding carboxylic acids is 2. The van der Waals surface area contributed by atoms with Crippen molar-refractivity contribution in [1.82, 2.24) is 15.5 Å². The smallest absolute Gasteiger partial charge is 0.361 e. The number of likely N-dealkylation sites (tertiary alicyclic amines) is 1. The lowest BCUT2D eigenvalue weighted by atomic mass is 9.97. The topological polar surface area (TPSA) is 97.3 Å². The molecule has 1 aromatic carbocycles. The molecule has 1 aliphatic heterocycles. The van der Waals surface area contributed by atoms with Crippen LogP contribution in [0.15, 0.2) is 42.1 Å². The van der Waals surface area contributed by atoms with Gasteiger partial charge in [0.15, 0.2) is 0 Å². The fraction of sp³-hybridized carbons (Fsp3) is 0.500. The first-order valence-corrected chi connectivity index (χ1v) is 10.7. The number of benzene rings is 1. The fourth-order valence-electron chi connectivity index (χ4n) is 3.48. The molecule has 2 amide bonds. The minimum Gasteiger partial charge on any atom is -0.361 e. The van der Waals surface area contributed by atoms with Crippen LogP contribution in [0.4, 0.5) is 18.9 Å². The molecule has 0 bridgehead atoms. The molecule has 1 fully saturated rings. The first kappa shape index (κ1) is 25.4. The normalized spacial score (nSPS) is 17.5. The minimum absolute atomic E-state index is 0.0518. The van der Waals surface area contributed by atoms with Crippen LogP contribution >= 0.6 is 0 Å². The van der Waals surface area contributed by atoms with Crippen molar-refractivity contribution >= 4 is 23.2 Å². The number of anilines is 1. The van der Waals surface area contributed by atoms with Gasteiger partial charge in [-0.15, -0.1) is 0 Å². The molecule has 176 valence electrons. The number of piperidine rings is 1. The number of amides is 2. The number of halogens is 3. The molecule has 1 saturated heterocycles. The third kappa shape index (κ3) is 7.99. The Labute approximate surface area is 185 Å². The lowest BCUT2D eigenvalue weighted by molar-refractivity contribution is -0.127. The predicted octanol–water partition coefficient (Wildman–Crippen LogP) is 2.92. The summed E-state index contributed by atoms with van der Waals surface area (Å²) in [6.07, 6.45) is -1.36. The molecule has 10 heteroatoms. The summed E-state index contributed by atoms with van der Waals surface area (Å²) < 4.78 is 39.1. The molecule has 1 unspecified atom stereocenters. The number of alkyl halides is 3. The van der Waals surface area contributed by atoms with E-state index in [1.165, 1.54) is 0 Å². The number of hydrogen-bond donors (Lipinski definition) is 4. The van der Waals surface area contributed by atoms with E-state index in [1.54, 1.807) is 30.3 Å². The molecular formula is C22H30F3N5O2. The Kier molecular flexibility index (Phi) is 9.70. The first-order valence-electron chi connectivity index (χ1n) is 10.7. The summed E-state index contributed by atoms with van der Waals surface area (Å²) >= 11 is 0. The summed E-state index contributed by atoms with van der Waals surface area (Å²) in [4.78, 5) is 27.0. The van der Waals surface area contributed by atoms with E-state index in [0.29, 0.717) is 12.2 Å². The highest BCUT2D eigenvalue weighted by atomic mass is 19.4. The van der Waals surface area contributed by atoms with Crippen molar-refractivity contribution in [2.24, 2.45) is 5.92 Å². The van der Waals surface area contributed by atoms with Crippen molar-refractivity contribution in [2.75, 3.05) is 38.0 Å². The summed E-state index contributed by atoms with van der Waals surface area (Å²) in [5.74, 6) is -1.30. The molecule has 1 heterocycles. The van der Waals surface area contributed by atoms with Gasteiger partial charge in [0.2, 0.25) is 5.91 Å². The van der Waals surface area contributed by atoms with Crippen LogP contribution in [0.1, 0.15) is 26.2 Å². The van der Waals surface area contributed by atoms with Gasteiger partial charge in [0.1, 0.15) is 5.71 Å². The third-order valence-corrected chi connectivity index (χ3v) is 5.08. The van der Waals surface area contributed by atoms with Crippen molar-refractivity contribution in [1.29, 1.82) is 5.41 Å². The number of carbonyl (C=O) groups is 2. The van der Waals surface area contributed by atoms with Crippen LogP contribution in [0.25, 0.3) is 0 Å². The summed E-state index contributed by atoms with van der Waals surface area (Å²) in [5, 5.41) is 15.0. The van der Waals surface area contributed by atoms with E-state index < -0.39 is 23.4 Å². The molecule has 2 rings (SSSR count). The second kappa shape index (κ2) is 12.2. The maximum Gasteiger partial charge on any atom is 0.433 e. The zero-order chi connectivity index (χ0) is 23.6. The van der Waals surface area contributed by atoms with Crippen molar-refractivity contribution in [3.8, 4) is 0 Å². The molecule has 0 saturated carbocycles. The molecule has 1 aromatic rings. The van der Waals surface area contributed by atoms with Gasteiger partial charge in [-0.3, -0.25) is 15.0 Å². The van der Waals surface area contributed by atoms with Crippen LogP contribution in [0.2, 0.25) is 0 Å². The van der Waals surface area contributed by atoms with Crippen LogP contribution in [-0.2, 0) is 9.59 Å². The largest absolute Gasteiger partial charge is 0.433 e. The Morgan fingerprint density at radius 3 is 2.53 bits per heavy atom. The van der Waals surface area contributed by atoms with Gasteiger partial charge in [-0.2, -0.15) is 13.2 Å². The third-order valence-electron chi connectivity index (χ3n) is 5.08. The summed E-state index contributed by atoms with van der Waals surface area (Å²) in [6.45, 7) is 4.73. The molecule has 0 aliphatic carbocycles. The standard InChI is InChI=1S/C22H30F3N5O2/c1-2-12-30-13-6-7-16(15-30)20(31)27-10-11-28-21(32)18(19(26)22(23,24)25)14-29-17-8-4-3-5-9-17/h3-5,8-9,14,16,26,29H,2,6-7,10-13,15H2,1H3,(H,27,31)(H,28,32)/b18-14+,26-19?. The van der Waals surface area contributed by atoms with Gasteiger partial charge < -0.3 is 20.9 Å². The van der Waals surface area contributed by atoms with Crippen molar-refractivity contribution in [2.45, 2.75) is 32.4 Å².